The Hall–Kier alpha value is -1.96. The molecular weight excluding hydrogens is 276 g/mol. The Morgan fingerprint density at radius 1 is 1.53 bits per heavy atom. The summed E-state index contributed by atoms with van der Waals surface area (Å²) in [6.07, 6.45) is 1.42. The number of hydrogen-bond donors (Lipinski definition) is 2. The average molecular weight is 289 g/mol. The summed E-state index contributed by atoms with van der Waals surface area (Å²) < 4.78 is 33.9. The molecule has 3 N–H and O–H groups in total. The Balaban J connectivity index is 2.88. The van der Waals surface area contributed by atoms with Crippen molar-refractivity contribution >= 4 is 23.5 Å². The number of benzene rings is 1. The monoisotopic (exact) mass is 289 g/mol. The van der Waals surface area contributed by atoms with Crippen LogP contribution in [-0.2, 0) is 0 Å². The van der Waals surface area contributed by atoms with Gasteiger partial charge in [-0.2, -0.15) is 13.9 Å². The lowest BCUT2D eigenvalue weighted by molar-refractivity contribution is -0.0514. The van der Waals surface area contributed by atoms with Crippen molar-refractivity contribution in [2.75, 3.05) is 6.61 Å². The molecule has 0 spiro atoms. The molecule has 104 valence electrons. The summed E-state index contributed by atoms with van der Waals surface area (Å²) in [5.41, 5.74) is 8.19. The topological polar surface area (TPSA) is 68.9 Å². The maximum Gasteiger partial charge on any atom is 0.387 e. The molecule has 0 unspecified atom stereocenters. The highest BCUT2D eigenvalue weighted by Gasteiger charge is 2.10. The van der Waals surface area contributed by atoms with E-state index in [1.165, 1.54) is 18.3 Å². The summed E-state index contributed by atoms with van der Waals surface area (Å²) in [6, 6.07) is 4.44. The summed E-state index contributed by atoms with van der Waals surface area (Å²) in [7, 11) is 0. The zero-order valence-electron chi connectivity index (χ0n) is 10.1. The lowest BCUT2D eigenvalue weighted by Gasteiger charge is -2.11. The molecule has 5 nitrogen and oxygen atoms in total. The van der Waals surface area contributed by atoms with Crippen molar-refractivity contribution < 1.29 is 18.3 Å². The average Bonchev–Trinajstić information content (AvgIpc) is 2.31. The van der Waals surface area contributed by atoms with Crippen molar-refractivity contribution in [1.29, 1.82) is 0 Å². The van der Waals surface area contributed by atoms with Crippen LogP contribution in [0.3, 0.4) is 0 Å². The summed E-state index contributed by atoms with van der Waals surface area (Å²) in [6.45, 7) is -0.845. The fraction of sp³-hybridized carbons (Fsp3) is 0.273. The van der Waals surface area contributed by atoms with Crippen LogP contribution in [0.4, 0.5) is 8.78 Å². The molecule has 1 rings (SSSR count). The fourth-order valence-electron chi connectivity index (χ4n) is 1.24. The normalized spacial score (nSPS) is 10.7. The van der Waals surface area contributed by atoms with Gasteiger partial charge in [0, 0.05) is 0 Å². The smallest absolute Gasteiger partial charge is 0.387 e. The molecule has 0 fully saturated rings. The van der Waals surface area contributed by atoms with E-state index in [1.807, 2.05) is 0 Å². The highest BCUT2D eigenvalue weighted by molar-refractivity contribution is 7.80. The number of halogens is 2. The van der Waals surface area contributed by atoms with Crippen molar-refractivity contribution in [3.05, 3.63) is 23.8 Å². The van der Waals surface area contributed by atoms with Crippen LogP contribution in [0, 0.1) is 0 Å². The number of rotatable bonds is 6. The third-order valence-corrected chi connectivity index (χ3v) is 1.96. The van der Waals surface area contributed by atoms with Crippen LogP contribution >= 0.6 is 12.2 Å². The van der Waals surface area contributed by atoms with E-state index in [-0.39, 0.29) is 16.6 Å². The van der Waals surface area contributed by atoms with E-state index >= 15 is 0 Å². The number of nitrogens with zero attached hydrogens (tertiary/aromatic N) is 1. The molecular formula is C11H13F2N3O2S. The van der Waals surface area contributed by atoms with Crippen LogP contribution in [0.1, 0.15) is 12.5 Å². The van der Waals surface area contributed by atoms with Gasteiger partial charge >= 0.3 is 6.61 Å². The first-order valence-electron chi connectivity index (χ1n) is 5.33. The van der Waals surface area contributed by atoms with Crippen molar-refractivity contribution in [2.24, 2.45) is 10.8 Å². The Morgan fingerprint density at radius 2 is 2.26 bits per heavy atom. The standard InChI is InChI=1S/C11H13F2N3O2S/c1-2-17-9-5-7(6-15-16-11(14)19)3-4-8(9)18-10(12)13/h3-6,10H,2H2,1H3,(H3,14,16,19). The minimum atomic E-state index is -2.91. The molecule has 0 aliphatic heterocycles. The van der Waals surface area contributed by atoms with Gasteiger partial charge in [0.05, 0.1) is 12.8 Å². The maximum atomic E-state index is 12.2. The lowest BCUT2D eigenvalue weighted by Crippen LogP contribution is -2.23. The first-order valence-corrected chi connectivity index (χ1v) is 5.74. The Bertz CT molecular complexity index is 469. The van der Waals surface area contributed by atoms with Crippen LogP contribution in [0.2, 0.25) is 0 Å². The molecule has 1 aromatic rings. The Labute approximate surface area is 114 Å². The van der Waals surface area contributed by atoms with Gasteiger partial charge in [0.25, 0.3) is 0 Å². The molecule has 0 radical (unpaired) electrons. The number of thiocarbonyl (C=S) groups is 1. The van der Waals surface area contributed by atoms with Gasteiger partial charge in [-0.25, -0.2) is 0 Å². The third kappa shape index (κ3) is 5.47. The van der Waals surface area contributed by atoms with Crippen molar-refractivity contribution in [3.63, 3.8) is 0 Å². The first kappa shape index (κ1) is 15.1. The van der Waals surface area contributed by atoms with Gasteiger partial charge in [-0.3, -0.25) is 5.43 Å². The van der Waals surface area contributed by atoms with Crippen LogP contribution in [0.25, 0.3) is 0 Å². The second kappa shape index (κ2) is 7.47. The maximum absolute atomic E-state index is 12.2. The number of alkyl halides is 2. The SMILES string of the molecule is CCOc1cc(C=NNC(N)=S)ccc1OC(F)F. The van der Waals surface area contributed by atoms with E-state index in [2.05, 4.69) is 27.5 Å². The molecule has 0 aliphatic rings. The Morgan fingerprint density at radius 3 is 2.84 bits per heavy atom. The summed E-state index contributed by atoms with van der Waals surface area (Å²) in [5.74, 6) is 0.179. The molecule has 0 bridgehead atoms. The van der Waals surface area contributed by atoms with Crippen molar-refractivity contribution in [3.8, 4) is 11.5 Å². The molecule has 0 aromatic heterocycles. The van der Waals surface area contributed by atoms with Gasteiger partial charge in [-0.05, 0) is 42.9 Å². The molecule has 0 heterocycles. The van der Waals surface area contributed by atoms with Gasteiger partial charge in [-0.15, -0.1) is 0 Å². The van der Waals surface area contributed by atoms with Gasteiger partial charge in [0.2, 0.25) is 0 Å². The number of nitrogens with two attached hydrogens (primary N) is 1. The van der Waals surface area contributed by atoms with Crippen LogP contribution in [0.15, 0.2) is 23.3 Å². The van der Waals surface area contributed by atoms with Gasteiger partial charge in [-0.1, -0.05) is 0 Å². The number of hydrazone groups is 1. The highest BCUT2D eigenvalue weighted by atomic mass is 32.1. The predicted molar refractivity (Wildman–Crippen MR) is 71.8 cm³/mol. The van der Waals surface area contributed by atoms with Crippen molar-refractivity contribution in [2.45, 2.75) is 13.5 Å². The zero-order chi connectivity index (χ0) is 14.3. The summed E-state index contributed by atoms with van der Waals surface area (Å²) in [5, 5.41) is 3.77. The van der Waals surface area contributed by atoms with E-state index in [9.17, 15) is 8.78 Å². The summed E-state index contributed by atoms with van der Waals surface area (Å²) >= 11 is 4.57. The number of nitrogens with one attached hydrogen (secondary N) is 1. The minimum Gasteiger partial charge on any atom is -0.490 e. The number of hydrogen-bond acceptors (Lipinski definition) is 4. The summed E-state index contributed by atoms with van der Waals surface area (Å²) in [4.78, 5) is 0. The van der Waals surface area contributed by atoms with E-state index in [4.69, 9.17) is 10.5 Å². The first-order chi connectivity index (χ1) is 9.02. The van der Waals surface area contributed by atoms with Crippen LogP contribution in [0.5, 0.6) is 11.5 Å². The molecule has 1 aromatic carbocycles. The Kier molecular flexibility index (Phi) is 5.94. The van der Waals surface area contributed by atoms with Crippen LogP contribution in [-0.4, -0.2) is 24.5 Å². The lowest BCUT2D eigenvalue weighted by atomic mass is 10.2. The number of ether oxygens (including phenoxy) is 2. The third-order valence-electron chi connectivity index (χ3n) is 1.87. The van der Waals surface area contributed by atoms with E-state index in [1.54, 1.807) is 13.0 Å². The molecule has 8 heteroatoms. The van der Waals surface area contributed by atoms with E-state index in [0.29, 0.717) is 12.2 Å². The second-order valence-corrected chi connectivity index (χ2v) is 3.69. The fourth-order valence-corrected chi connectivity index (χ4v) is 1.29. The van der Waals surface area contributed by atoms with E-state index < -0.39 is 6.61 Å². The quantitative estimate of drug-likeness (QED) is 0.475. The molecule has 0 saturated carbocycles. The van der Waals surface area contributed by atoms with Gasteiger partial charge in [0.15, 0.2) is 16.6 Å². The molecule has 19 heavy (non-hydrogen) atoms. The zero-order valence-corrected chi connectivity index (χ0v) is 10.9. The van der Waals surface area contributed by atoms with Gasteiger partial charge in [0.1, 0.15) is 0 Å². The molecule has 0 atom stereocenters. The largest absolute Gasteiger partial charge is 0.490 e. The highest BCUT2D eigenvalue weighted by Crippen LogP contribution is 2.29. The second-order valence-electron chi connectivity index (χ2n) is 3.25. The molecule has 0 saturated heterocycles. The van der Waals surface area contributed by atoms with Gasteiger partial charge < -0.3 is 15.2 Å². The van der Waals surface area contributed by atoms with Crippen molar-refractivity contribution in [1.82, 2.24) is 5.43 Å². The van der Waals surface area contributed by atoms with E-state index in [0.717, 1.165) is 0 Å². The molecule has 0 aliphatic carbocycles. The minimum absolute atomic E-state index is 0.0268. The van der Waals surface area contributed by atoms with Crippen LogP contribution < -0.4 is 20.6 Å². The molecule has 0 amide bonds. The predicted octanol–water partition coefficient (Wildman–Crippen LogP) is 1.85.